The molecule has 0 spiro atoms. The van der Waals surface area contributed by atoms with E-state index in [2.05, 4.69) is 20.5 Å². The van der Waals surface area contributed by atoms with E-state index in [1.54, 1.807) is 18.2 Å². The molecular formula is C20H11Cl3FN5O. The van der Waals surface area contributed by atoms with Crippen LogP contribution in [-0.4, -0.2) is 25.9 Å². The summed E-state index contributed by atoms with van der Waals surface area (Å²) in [6.07, 6.45) is 4.42. The largest absolute Gasteiger partial charge is 0.321 e. The smallest absolute Gasteiger partial charge is 0.255 e. The van der Waals surface area contributed by atoms with E-state index in [1.165, 1.54) is 47.7 Å². The number of benzene rings is 2. The van der Waals surface area contributed by atoms with Crippen LogP contribution in [0, 0.1) is 5.82 Å². The van der Waals surface area contributed by atoms with E-state index in [1.807, 2.05) is 0 Å². The zero-order valence-electron chi connectivity index (χ0n) is 15.0. The van der Waals surface area contributed by atoms with Gasteiger partial charge in [0, 0.05) is 11.1 Å². The third kappa shape index (κ3) is 4.14. The quantitative estimate of drug-likeness (QED) is 0.423. The molecule has 2 aromatic carbocycles. The highest BCUT2D eigenvalue weighted by Gasteiger charge is 2.16. The van der Waals surface area contributed by atoms with Gasteiger partial charge in [-0.3, -0.25) is 4.79 Å². The molecule has 2 heterocycles. The van der Waals surface area contributed by atoms with Gasteiger partial charge in [-0.25, -0.2) is 9.37 Å². The average Bonchev–Trinajstić information content (AvgIpc) is 3.25. The van der Waals surface area contributed by atoms with Crippen molar-refractivity contribution in [3.8, 4) is 16.9 Å². The van der Waals surface area contributed by atoms with Crippen LogP contribution in [0.3, 0.4) is 0 Å². The Labute approximate surface area is 185 Å². The van der Waals surface area contributed by atoms with Crippen molar-refractivity contribution >= 4 is 46.4 Å². The molecule has 4 aromatic rings. The molecule has 2 aromatic heterocycles. The lowest BCUT2D eigenvalue weighted by atomic mass is 10.0. The maximum Gasteiger partial charge on any atom is 0.255 e. The summed E-state index contributed by atoms with van der Waals surface area (Å²) in [4.78, 5) is 18.2. The van der Waals surface area contributed by atoms with Crippen molar-refractivity contribution in [2.75, 3.05) is 5.32 Å². The van der Waals surface area contributed by atoms with Crippen molar-refractivity contribution in [3.63, 3.8) is 0 Å². The first-order chi connectivity index (χ1) is 14.4. The zero-order valence-corrected chi connectivity index (χ0v) is 17.3. The van der Waals surface area contributed by atoms with Crippen LogP contribution in [0.15, 0.2) is 61.1 Å². The van der Waals surface area contributed by atoms with Crippen LogP contribution in [0.25, 0.3) is 16.9 Å². The summed E-state index contributed by atoms with van der Waals surface area (Å²) in [5.41, 5.74) is 1.76. The standard InChI is InChI=1S/C20H11Cl3FN5O/c21-16-8-12(7-15(18(16)23)11-1-3-13(24)4-2-11)20(30)28-14-9-17(22)19(25-10-14)29-26-5-6-27-29/h1-10H,(H,28,30). The van der Waals surface area contributed by atoms with Crippen molar-refractivity contribution < 1.29 is 9.18 Å². The molecule has 0 aliphatic heterocycles. The van der Waals surface area contributed by atoms with Crippen LogP contribution >= 0.6 is 34.8 Å². The van der Waals surface area contributed by atoms with Gasteiger partial charge in [-0.1, -0.05) is 46.9 Å². The number of nitrogens with zero attached hydrogens (tertiary/aromatic N) is 4. The van der Waals surface area contributed by atoms with Crippen LogP contribution < -0.4 is 5.32 Å². The zero-order chi connectivity index (χ0) is 21.3. The number of amides is 1. The number of nitrogens with one attached hydrogen (secondary N) is 1. The maximum atomic E-state index is 13.2. The van der Waals surface area contributed by atoms with Gasteiger partial charge >= 0.3 is 0 Å². The van der Waals surface area contributed by atoms with Gasteiger partial charge in [0.05, 0.1) is 39.3 Å². The van der Waals surface area contributed by atoms with Gasteiger partial charge in [0.1, 0.15) is 5.82 Å². The summed E-state index contributed by atoms with van der Waals surface area (Å²) in [5.74, 6) is -0.499. The van der Waals surface area contributed by atoms with Gasteiger partial charge in [0.15, 0.2) is 5.82 Å². The molecule has 0 unspecified atom stereocenters. The second-order valence-electron chi connectivity index (χ2n) is 6.13. The van der Waals surface area contributed by atoms with E-state index in [4.69, 9.17) is 34.8 Å². The predicted molar refractivity (Wildman–Crippen MR) is 114 cm³/mol. The highest BCUT2D eigenvalue weighted by atomic mass is 35.5. The van der Waals surface area contributed by atoms with E-state index < -0.39 is 5.91 Å². The molecule has 0 aliphatic carbocycles. The Bertz CT molecular complexity index is 1230. The van der Waals surface area contributed by atoms with E-state index in [-0.39, 0.29) is 26.4 Å². The number of anilines is 1. The number of pyridine rings is 1. The first-order valence-corrected chi connectivity index (χ1v) is 9.64. The topological polar surface area (TPSA) is 72.7 Å². The minimum absolute atomic E-state index is 0.194. The van der Waals surface area contributed by atoms with Crippen LogP contribution in [0.1, 0.15) is 10.4 Å². The minimum Gasteiger partial charge on any atom is -0.321 e. The summed E-state index contributed by atoms with van der Waals surface area (Å²) >= 11 is 18.7. The second kappa shape index (κ2) is 8.39. The van der Waals surface area contributed by atoms with Gasteiger partial charge in [-0.05, 0) is 35.9 Å². The molecule has 1 amide bonds. The Morgan fingerprint density at radius 1 is 0.967 bits per heavy atom. The van der Waals surface area contributed by atoms with E-state index in [9.17, 15) is 9.18 Å². The Morgan fingerprint density at radius 3 is 2.33 bits per heavy atom. The third-order valence-corrected chi connectivity index (χ3v) is 5.21. The monoisotopic (exact) mass is 461 g/mol. The number of hydrogen-bond acceptors (Lipinski definition) is 4. The number of aromatic nitrogens is 4. The minimum atomic E-state index is -0.445. The molecule has 0 fully saturated rings. The molecule has 0 saturated carbocycles. The normalized spacial score (nSPS) is 10.8. The number of hydrogen-bond donors (Lipinski definition) is 1. The van der Waals surface area contributed by atoms with E-state index in [0.717, 1.165) is 0 Å². The number of halogens is 4. The summed E-state index contributed by atoms with van der Waals surface area (Å²) in [5, 5.41) is 11.4. The van der Waals surface area contributed by atoms with E-state index >= 15 is 0 Å². The molecule has 0 atom stereocenters. The maximum absolute atomic E-state index is 13.2. The second-order valence-corrected chi connectivity index (χ2v) is 7.32. The van der Waals surface area contributed by atoms with Crippen molar-refractivity contribution in [2.45, 2.75) is 0 Å². The Hall–Kier alpha value is -3.00. The number of rotatable bonds is 4. The lowest BCUT2D eigenvalue weighted by Gasteiger charge is -2.11. The van der Waals surface area contributed by atoms with Crippen molar-refractivity contribution in [1.82, 2.24) is 20.0 Å². The van der Waals surface area contributed by atoms with Crippen molar-refractivity contribution in [2.24, 2.45) is 0 Å². The molecule has 4 rings (SSSR count). The van der Waals surface area contributed by atoms with Gasteiger partial charge in [-0.2, -0.15) is 10.2 Å². The fraction of sp³-hybridized carbons (Fsp3) is 0. The SMILES string of the molecule is O=C(Nc1cnc(-n2nccn2)c(Cl)c1)c1cc(Cl)c(Cl)c(-c2ccc(F)cc2)c1. The summed E-state index contributed by atoms with van der Waals surface area (Å²) in [6, 6.07) is 10.3. The molecule has 30 heavy (non-hydrogen) atoms. The molecule has 0 aliphatic rings. The van der Waals surface area contributed by atoms with E-state index in [0.29, 0.717) is 22.6 Å². The molecule has 1 N–H and O–H groups in total. The average molecular weight is 463 g/mol. The van der Waals surface area contributed by atoms with Crippen LogP contribution in [-0.2, 0) is 0 Å². The van der Waals surface area contributed by atoms with Crippen LogP contribution in [0.5, 0.6) is 0 Å². The van der Waals surface area contributed by atoms with Crippen LogP contribution in [0.2, 0.25) is 15.1 Å². The fourth-order valence-corrected chi connectivity index (χ4v) is 3.41. The highest BCUT2D eigenvalue weighted by molar-refractivity contribution is 6.44. The molecule has 10 heteroatoms. The summed E-state index contributed by atoms with van der Waals surface area (Å²) < 4.78 is 13.2. The molecule has 0 bridgehead atoms. The van der Waals surface area contributed by atoms with Gasteiger partial charge in [0.25, 0.3) is 5.91 Å². The predicted octanol–water partition coefficient (Wildman–Crippen LogP) is 5.68. The van der Waals surface area contributed by atoms with Crippen LogP contribution in [0.4, 0.5) is 10.1 Å². The number of carbonyl (C=O) groups excluding carboxylic acids is 1. The lowest BCUT2D eigenvalue weighted by molar-refractivity contribution is 0.102. The van der Waals surface area contributed by atoms with Gasteiger partial charge in [-0.15, -0.1) is 4.80 Å². The Kier molecular flexibility index (Phi) is 5.67. The Balaban J connectivity index is 1.62. The third-order valence-electron chi connectivity index (χ3n) is 4.13. The fourth-order valence-electron chi connectivity index (χ4n) is 2.73. The Morgan fingerprint density at radius 2 is 1.67 bits per heavy atom. The molecule has 0 radical (unpaired) electrons. The summed E-state index contributed by atoms with van der Waals surface area (Å²) in [6.45, 7) is 0. The van der Waals surface area contributed by atoms with Gasteiger partial charge < -0.3 is 5.32 Å². The summed E-state index contributed by atoms with van der Waals surface area (Å²) in [7, 11) is 0. The molecule has 6 nitrogen and oxygen atoms in total. The van der Waals surface area contributed by atoms with Crippen molar-refractivity contribution in [3.05, 3.63) is 87.5 Å². The molecular weight excluding hydrogens is 452 g/mol. The molecule has 150 valence electrons. The number of carbonyl (C=O) groups is 1. The first kappa shape index (κ1) is 20.3. The first-order valence-electron chi connectivity index (χ1n) is 8.51. The molecule has 0 saturated heterocycles. The highest BCUT2D eigenvalue weighted by Crippen LogP contribution is 2.35. The lowest BCUT2D eigenvalue weighted by Crippen LogP contribution is -2.13. The van der Waals surface area contributed by atoms with Gasteiger partial charge in [0.2, 0.25) is 0 Å². The van der Waals surface area contributed by atoms with Crippen molar-refractivity contribution in [1.29, 1.82) is 0 Å².